The molecule has 3 rings (SSSR count). The molecule has 2 aliphatic heterocycles. The molecule has 1 amide bonds. The Morgan fingerprint density at radius 3 is 2.81 bits per heavy atom. The molecule has 2 fully saturated rings. The Hall–Kier alpha value is -1.30. The average Bonchev–Trinajstić information content (AvgIpc) is 2.65. The molecule has 6 heteroatoms. The van der Waals surface area contributed by atoms with Crippen LogP contribution in [0.15, 0.2) is 11.6 Å². The predicted octanol–water partition coefficient (Wildman–Crippen LogP) is 3.69. The fourth-order valence-electron chi connectivity index (χ4n) is 4.14. The van der Waals surface area contributed by atoms with E-state index in [0.717, 1.165) is 50.6 Å². The number of amides is 1. The minimum absolute atomic E-state index is 0.0374. The normalized spacial score (nSPS) is 24.1. The number of hydrogen-bond donors (Lipinski definition) is 1. The highest BCUT2D eigenvalue weighted by molar-refractivity contribution is 7.80. The highest BCUT2D eigenvalue weighted by Crippen LogP contribution is 2.28. The molecule has 0 aromatic rings. The number of likely N-dealkylation sites (tertiary alicyclic amines) is 1. The van der Waals surface area contributed by atoms with Gasteiger partial charge in [-0.15, -0.1) is 0 Å². The van der Waals surface area contributed by atoms with Crippen LogP contribution in [-0.2, 0) is 4.74 Å². The zero-order valence-electron chi connectivity index (χ0n) is 16.3. The van der Waals surface area contributed by atoms with Crippen molar-refractivity contribution in [2.24, 2.45) is 5.41 Å². The first-order valence-electron chi connectivity index (χ1n) is 10.1. The van der Waals surface area contributed by atoms with Crippen LogP contribution in [0, 0.1) is 5.41 Å². The Labute approximate surface area is 163 Å². The van der Waals surface area contributed by atoms with Gasteiger partial charge in [-0.25, -0.2) is 4.79 Å². The molecule has 2 heterocycles. The van der Waals surface area contributed by atoms with Crippen LogP contribution >= 0.6 is 12.2 Å². The Morgan fingerprint density at radius 2 is 2.12 bits per heavy atom. The van der Waals surface area contributed by atoms with Crippen LogP contribution in [0.4, 0.5) is 4.79 Å². The molecule has 1 aliphatic carbocycles. The highest BCUT2D eigenvalue weighted by atomic mass is 32.1. The number of nitrogens with zero attached hydrogens (tertiary/aromatic N) is 2. The molecule has 0 bridgehead atoms. The topological polar surface area (TPSA) is 44.8 Å². The third-order valence-electron chi connectivity index (χ3n) is 5.72. The third-order valence-corrected chi connectivity index (χ3v) is 6.12. The van der Waals surface area contributed by atoms with E-state index >= 15 is 0 Å². The quantitative estimate of drug-likeness (QED) is 0.596. The van der Waals surface area contributed by atoms with Gasteiger partial charge in [-0.05, 0) is 57.2 Å². The van der Waals surface area contributed by atoms with Gasteiger partial charge in [-0.3, -0.25) is 0 Å². The zero-order valence-corrected chi connectivity index (χ0v) is 17.1. The molecule has 146 valence electrons. The smallest absolute Gasteiger partial charge is 0.410 e. The van der Waals surface area contributed by atoms with Crippen LogP contribution < -0.4 is 5.32 Å². The summed E-state index contributed by atoms with van der Waals surface area (Å²) in [7, 11) is 0. The van der Waals surface area contributed by atoms with E-state index in [4.69, 9.17) is 17.0 Å². The van der Waals surface area contributed by atoms with Crippen molar-refractivity contribution in [3.05, 3.63) is 11.6 Å². The molecule has 3 aliphatic rings. The number of thiocarbonyl (C=S) groups is 1. The van der Waals surface area contributed by atoms with Crippen molar-refractivity contribution in [1.29, 1.82) is 0 Å². The van der Waals surface area contributed by atoms with Gasteiger partial charge in [-0.1, -0.05) is 25.5 Å². The van der Waals surface area contributed by atoms with Gasteiger partial charge in [0, 0.05) is 37.6 Å². The van der Waals surface area contributed by atoms with Crippen LogP contribution in [-0.4, -0.2) is 59.8 Å². The molecule has 0 saturated carbocycles. The van der Waals surface area contributed by atoms with Gasteiger partial charge in [0.05, 0.1) is 6.61 Å². The lowest BCUT2D eigenvalue weighted by Gasteiger charge is -2.44. The molecule has 5 nitrogen and oxygen atoms in total. The largest absolute Gasteiger partial charge is 0.449 e. The van der Waals surface area contributed by atoms with Crippen molar-refractivity contribution in [3.63, 3.8) is 0 Å². The molecule has 2 saturated heterocycles. The molecule has 1 N–H and O–H groups in total. The van der Waals surface area contributed by atoms with Gasteiger partial charge in [-0.2, -0.15) is 0 Å². The summed E-state index contributed by atoms with van der Waals surface area (Å²) in [6, 6.07) is 0.272. The van der Waals surface area contributed by atoms with E-state index in [1.165, 1.54) is 25.7 Å². The summed E-state index contributed by atoms with van der Waals surface area (Å²) in [5.74, 6) is 0. The highest BCUT2D eigenvalue weighted by Gasteiger charge is 2.38. The van der Waals surface area contributed by atoms with Crippen LogP contribution in [0.2, 0.25) is 0 Å². The van der Waals surface area contributed by atoms with Crippen molar-refractivity contribution in [2.45, 2.75) is 64.8 Å². The zero-order chi connectivity index (χ0) is 18.6. The minimum atomic E-state index is -0.149. The maximum Gasteiger partial charge on any atom is 0.410 e. The summed E-state index contributed by atoms with van der Waals surface area (Å²) >= 11 is 5.59. The lowest BCUT2D eigenvalue weighted by molar-refractivity contribution is -0.0134. The van der Waals surface area contributed by atoms with Gasteiger partial charge >= 0.3 is 6.09 Å². The number of nitrogens with one attached hydrogen (secondary N) is 1. The van der Waals surface area contributed by atoms with Crippen LogP contribution in [0.3, 0.4) is 0 Å². The number of ether oxygens (including phenoxy) is 1. The number of rotatable bonds is 4. The summed E-state index contributed by atoms with van der Waals surface area (Å²) in [5, 5.41) is 4.29. The second kappa shape index (κ2) is 8.59. The van der Waals surface area contributed by atoms with Crippen LogP contribution in [0.25, 0.3) is 0 Å². The number of hydrogen-bond acceptors (Lipinski definition) is 3. The molecule has 0 radical (unpaired) electrons. The maximum atomic E-state index is 12.1. The lowest BCUT2D eigenvalue weighted by Crippen LogP contribution is -2.55. The number of cyclic esters (lactones) is 1. The van der Waals surface area contributed by atoms with E-state index in [0.29, 0.717) is 6.61 Å². The van der Waals surface area contributed by atoms with E-state index in [1.54, 1.807) is 5.57 Å². The molecule has 0 atom stereocenters. The fraction of sp³-hybridized carbons (Fsp3) is 0.800. The van der Waals surface area contributed by atoms with Gasteiger partial charge in [0.2, 0.25) is 0 Å². The lowest BCUT2D eigenvalue weighted by atomic mass is 9.91. The Morgan fingerprint density at radius 1 is 1.35 bits per heavy atom. The minimum Gasteiger partial charge on any atom is -0.449 e. The molecule has 0 spiro atoms. The van der Waals surface area contributed by atoms with E-state index in [-0.39, 0.29) is 17.6 Å². The average molecular weight is 380 g/mol. The standard InChI is InChI=1S/C20H33N3O2S/c1-20(2)14-23(19(24)25-15-20)17-9-12-22(13-10-17)18(26)21-11-8-16-6-4-3-5-7-16/h6,17H,3-5,7-15H2,1-2H3,(H,21,26). The predicted molar refractivity (Wildman–Crippen MR) is 108 cm³/mol. The summed E-state index contributed by atoms with van der Waals surface area (Å²) in [6.45, 7) is 8.36. The fourth-order valence-corrected chi connectivity index (χ4v) is 4.43. The van der Waals surface area contributed by atoms with E-state index < -0.39 is 0 Å². The van der Waals surface area contributed by atoms with Gasteiger partial charge in [0.1, 0.15) is 0 Å². The van der Waals surface area contributed by atoms with Gasteiger partial charge < -0.3 is 19.9 Å². The van der Waals surface area contributed by atoms with Crippen molar-refractivity contribution in [2.75, 3.05) is 32.8 Å². The Kier molecular flexibility index (Phi) is 6.43. The number of carbonyl (C=O) groups excluding carboxylic acids is 1. The summed E-state index contributed by atoms with van der Waals surface area (Å²) in [4.78, 5) is 16.3. The van der Waals surface area contributed by atoms with E-state index in [1.807, 2.05) is 4.90 Å². The number of carbonyl (C=O) groups is 1. The second-order valence-electron chi connectivity index (χ2n) is 8.66. The maximum absolute atomic E-state index is 12.1. The summed E-state index contributed by atoms with van der Waals surface area (Å²) in [6.07, 6.45) is 10.4. The first-order valence-corrected chi connectivity index (χ1v) is 10.5. The molecule has 0 unspecified atom stereocenters. The van der Waals surface area contributed by atoms with Crippen molar-refractivity contribution >= 4 is 23.4 Å². The molecular weight excluding hydrogens is 346 g/mol. The Balaban J connectivity index is 1.40. The molecule has 0 aromatic carbocycles. The van der Waals surface area contributed by atoms with Gasteiger partial charge in [0.15, 0.2) is 5.11 Å². The van der Waals surface area contributed by atoms with Crippen LogP contribution in [0.1, 0.15) is 58.8 Å². The second-order valence-corrected chi connectivity index (χ2v) is 9.04. The monoisotopic (exact) mass is 379 g/mol. The first kappa shape index (κ1) is 19.5. The third kappa shape index (κ3) is 5.12. The number of allylic oxidation sites excluding steroid dienone is 1. The van der Waals surface area contributed by atoms with Crippen molar-refractivity contribution in [3.8, 4) is 0 Å². The van der Waals surface area contributed by atoms with Crippen molar-refractivity contribution in [1.82, 2.24) is 15.1 Å². The SMILES string of the molecule is CC1(C)COC(=O)N(C2CCN(C(=S)NCCC3=CCCCC3)CC2)C1. The van der Waals surface area contributed by atoms with E-state index in [2.05, 4.69) is 30.1 Å². The van der Waals surface area contributed by atoms with Crippen molar-refractivity contribution < 1.29 is 9.53 Å². The van der Waals surface area contributed by atoms with E-state index in [9.17, 15) is 4.79 Å². The van der Waals surface area contributed by atoms with Crippen LogP contribution in [0.5, 0.6) is 0 Å². The molecular formula is C20H33N3O2S. The molecule has 0 aromatic heterocycles. The Bertz CT molecular complexity index is 553. The first-order chi connectivity index (χ1) is 12.4. The number of piperidine rings is 1. The summed E-state index contributed by atoms with van der Waals surface area (Å²) in [5.41, 5.74) is 1.62. The summed E-state index contributed by atoms with van der Waals surface area (Å²) < 4.78 is 5.37. The van der Waals surface area contributed by atoms with Gasteiger partial charge in [0.25, 0.3) is 0 Å². The molecule has 26 heavy (non-hydrogen) atoms.